The summed E-state index contributed by atoms with van der Waals surface area (Å²) >= 11 is 0. The first-order valence-electron chi connectivity index (χ1n) is 5.21. The smallest absolute Gasteiger partial charge is 0.310 e. The van der Waals surface area contributed by atoms with Crippen molar-refractivity contribution in [3.8, 4) is 0 Å². The lowest BCUT2D eigenvalue weighted by molar-refractivity contribution is -0.144. The second kappa shape index (κ2) is 7.46. The number of methoxy groups -OCH3 is 1. The highest BCUT2D eigenvalue weighted by Crippen LogP contribution is 2.07. The molecule has 5 nitrogen and oxygen atoms in total. The van der Waals surface area contributed by atoms with Crippen molar-refractivity contribution in [1.82, 2.24) is 10.6 Å². The molecule has 1 aliphatic rings. The summed E-state index contributed by atoms with van der Waals surface area (Å²) < 4.78 is 4.57. The van der Waals surface area contributed by atoms with E-state index in [0.717, 1.165) is 19.5 Å². The molecule has 2 atom stereocenters. The lowest BCUT2D eigenvalue weighted by atomic mass is 10.1. The number of carbonyl (C=O) groups excluding carboxylic acids is 2. The van der Waals surface area contributed by atoms with Gasteiger partial charge >= 0.3 is 5.97 Å². The van der Waals surface area contributed by atoms with Gasteiger partial charge in [0.15, 0.2) is 0 Å². The van der Waals surface area contributed by atoms with Gasteiger partial charge in [0.1, 0.15) is 0 Å². The van der Waals surface area contributed by atoms with E-state index in [1.165, 1.54) is 7.11 Å². The van der Waals surface area contributed by atoms with Crippen LogP contribution in [0.5, 0.6) is 0 Å². The van der Waals surface area contributed by atoms with Crippen molar-refractivity contribution in [2.75, 3.05) is 26.7 Å². The number of nitrogens with one attached hydrogen (secondary N) is 2. The first-order valence-corrected chi connectivity index (χ1v) is 5.21. The Kier molecular flexibility index (Phi) is 7.08. The summed E-state index contributed by atoms with van der Waals surface area (Å²) in [7, 11) is 1.35. The molecule has 1 aliphatic heterocycles. The van der Waals surface area contributed by atoms with Gasteiger partial charge in [-0.05, 0) is 13.0 Å². The van der Waals surface area contributed by atoms with Crippen molar-refractivity contribution in [1.29, 1.82) is 0 Å². The van der Waals surface area contributed by atoms with Gasteiger partial charge in [0, 0.05) is 13.1 Å². The molecule has 0 aromatic rings. The normalized spacial score (nSPS) is 20.8. The average Bonchev–Trinajstić information content (AvgIpc) is 2.77. The van der Waals surface area contributed by atoms with E-state index in [1.54, 1.807) is 6.92 Å². The molecule has 2 N–H and O–H groups in total. The number of hydrogen-bond acceptors (Lipinski definition) is 4. The SMILES string of the molecule is COC(=O)C(C)CNC(=O)[C@@H]1CCNC1.Cl. The van der Waals surface area contributed by atoms with Crippen LogP contribution in [0, 0.1) is 11.8 Å². The highest BCUT2D eigenvalue weighted by Gasteiger charge is 2.23. The number of amides is 1. The summed E-state index contributed by atoms with van der Waals surface area (Å²) in [5, 5.41) is 5.88. The highest BCUT2D eigenvalue weighted by atomic mass is 35.5. The molecule has 0 aliphatic carbocycles. The topological polar surface area (TPSA) is 67.4 Å². The first-order chi connectivity index (χ1) is 7.15. The standard InChI is InChI=1S/C10H18N2O3.ClH/c1-7(10(14)15-2)5-12-9(13)8-3-4-11-6-8;/h7-8,11H,3-6H2,1-2H3,(H,12,13);1H/t7?,8-;/m1./s1. The molecule has 0 aromatic carbocycles. The molecule has 6 heteroatoms. The predicted molar refractivity (Wildman–Crippen MR) is 62.4 cm³/mol. The molecule has 16 heavy (non-hydrogen) atoms. The van der Waals surface area contributed by atoms with Crippen LogP contribution in [0.1, 0.15) is 13.3 Å². The van der Waals surface area contributed by atoms with E-state index in [0.29, 0.717) is 6.54 Å². The molecule has 0 aromatic heterocycles. The summed E-state index contributed by atoms with van der Waals surface area (Å²) in [6, 6.07) is 0. The summed E-state index contributed by atoms with van der Waals surface area (Å²) in [4.78, 5) is 22.6. The Labute approximate surface area is 102 Å². The van der Waals surface area contributed by atoms with Crippen molar-refractivity contribution in [3.63, 3.8) is 0 Å². The van der Waals surface area contributed by atoms with E-state index in [1.807, 2.05) is 0 Å². The van der Waals surface area contributed by atoms with Gasteiger partial charge in [-0.15, -0.1) is 12.4 Å². The Bertz CT molecular complexity index is 242. The minimum absolute atomic E-state index is 0. The van der Waals surface area contributed by atoms with Crippen LogP contribution < -0.4 is 10.6 Å². The lowest BCUT2D eigenvalue weighted by Gasteiger charge is -2.13. The molecule has 94 valence electrons. The van der Waals surface area contributed by atoms with E-state index in [4.69, 9.17) is 0 Å². The fourth-order valence-electron chi connectivity index (χ4n) is 1.56. The van der Waals surface area contributed by atoms with Gasteiger partial charge in [0.2, 0.25) is 5.91 Å². The van der Waals surface area contributed by atoms with E-state index in [2.05, 4.69) is 15.4 Å². The zero-order valence-electron chi connectivity index (χ0n) is 9.62. The number of halogens is 1. The number of hydrogen-bond donors (Lipinski definition) is 2. The largest absolute Gasteiger partial charge is 0.469 e. The molecule has 1 rings (SSSR count). The summed E-state index contributed by atoms with van der Waals surface area (Å²) in [5.41, 5.74) is 0. The van der Waals surface area contributed by atoms with Crippen molar-refractivity contribution in [2.45, 2.75) is 13.3 Å². The zero-order valence-corrected chi connectivity index (χ0v) is 10.4. The predicted octanol–water partition coefficient (Wildman–Crippen LogP) is -0.0570. The van der Waals surface area contributed by atoms with Crippen molar-refractivity contribution >= 4 is 24.3 Å². The Morgan fingerprint density at radius 2 is 2.25 bits per heavy atom. The van der Waals surface area contributed by atoms with Crippen LogP contribution in [0.15, 0.2) is 0 Å². The minimum Gasteiger partial charge on any atom is -0.469 e. The zero-order chi connectivity index (χ0) is 11.3. The van der Waals surface area contributed by atoms with Gasteiger partial charge in [-0.3, -0.25) is 9.59 Å². The van der Waals surface area contributed by atoms with Crippen molar-refractivity contribution in [3.05, 3.63) is 0 Å². The van der Waals surface area contributed by atoms with E-state index in [9.17, 15) is 9.59 Å². The van der Waals surface area contributed by atoms with Crippen LogP contribution in [0.3, 0.4) is 0 Å². The monoisotopic (exact) mass is 250 g/mol. The van der Waals surface area contributed by atoms with Crippen LogP contribution >= 0.6 is 12.4 Å². The van der Waals surface area contributed by atoms with Crippen LogP contribution in [-0.2, 0) is 14.3 Å². The van der Waals surface area contributed by atoms with Gasteiger partial charge in [0.05, 0.1) is 18.9 Å². The van der Waals surface area contributed by atoms with Gasteiger partial charge in [0.25, 0.3) is 0 Å². The van der Waals surface area contributed by atoms with Gasteiger partial charge in [-0.2, -0.15) is 0 Å². The second-order valence-electron chi connectivity index (χ2n) is 3.86. The molecule has 0 spiro atoms. The van der Waals surface area contributed by atoms with E-state index >= 15 is 0 Å². The Hall–Kier alpha value is -0.810. The molecular weight excluding hydrogens is 232 g/mol. The molecule has 0 bridgehead atoms. The molecule has 1 fully saturated rings. The van der Waals surface area contributed by atoms with Gasteiger partial charge in [-0.25, -0.2) is 0 Å². The molecule has 1 amide bonds. The third kappa shape index (κ3) is 4.37. The number of rotatable bonds is 4. The molecule has 0 radical (unpaired) electrons. The summed E-state index contributed by atoms with van der Waals surface area (Å²) in [6.45, 7) is 3.71. The molecule has 1 unspecified atom stereocenters. The second-order valence-corrected chi connectivity index (χ2v) is 3.86. The first kappa shape index (κ1) is 15.2. The molecule has 0 saturated carbocycles. The average molecular weight is 251 g/mol. The maximum atomic E-state index is 11.6. The van der Waals surface area contributed by atoms with E-state index in [-0.39, 0.29) is 36.1 Å². The lowest BCUT2D eigenvalue weighted by Crippen LogP contribution is -2.36. The fraction of sp³-hybridized carbons (Fsp3) is 0.800. The van der Waals surface area contributed by atoms with Crippen LogP contribution in [-0.4, -0.2) is 38.6 Å². The maximum absolute atomic E-state index is 11.6. The van der Waals surface area contributed by atoms with Gasteiger partial charge in [-0.1, -0.05) is 6.92 Å². The maximum Gasteiger partial charge on any atom is 0.310 e. The Morgan fingerprint density at radius 3 is 2.75 bits per heavy atom. The van der Waals surface area contributed by atoms with Crippen LogP contribution in [0.25, 0.3) is 0 Å². The minimum atomic E-state index is -0.292. The fourth-order valence-corrected chi connectivity index (χ4v) is 1.56. The molecule has 1 heterocycles. The summed E-state index contributed by atoms with van der Waals surface area (Å²) in [5.74, 6) is -0.501. The quantitative estimate of drug-likeness (QED) is 0.687. The Morgan fingerprint density at radius 1 is 1.56 bits per heavy atom. The van der Waals surface area contributed by atoms with Crippen molar-refractivity contribution < 1.29 is 14.3 Å². The third-order valence-electron chi connectivity index (χ3n) is 2.62. The van der Waals surface area contributed by atoms with E-state index < -0.39 is 0 Å². The molecular formula is C10H19ClN2O3. The van der Waals surface area contributed by atoms with Crippen LogP contribution in [0.2, 0.25) is 0 Å². The highest BCUT2D eigenvalue weighted by molar-refractivity contribution is 5.85. The third-order valence-corrected chi connectivity index (χ3v) is 2.62. The van der Waals surface area contributed by atoms with Gasteiger partial charge < -0.3 is 15.4 Å². The summed E-state index contributed by atoms with van der Waals surface area (Å²) in [6.07, 6.45) is 0.873. The molecule has 1 saturated heterocycles. The number of ether oxygens (including phenoxy) is 1. The van der Waals surface area contributed by atoms with Crippen LogP contribution in [0.4, 0.5) is 0 Å². The number of carbonyl (C=O) groups is 2. The number of esters is 1. The van der Waals surface area contributed by atoms with Crippen molar-refractivity contribution in [2.24, 2.45) is 11.8 Å². The Balaban J connectivity index is 0.00000225.